The van der Waals surface area contributed by atoms with E-state index in [1.54, 1.807) is 13.2 Å². The maximum absolute atomic E-state index is 12.0. The maximum Gasteiger partial charge on any atom is 0.332 e. The average Bonchev–Trinajstić information content (AvgIpc) is 3.28. The number of methoxy groups -OCH3 is 1. The molecule has 8 nitrogen and oxygen atoms in total. The Labute approximate surface area is 151 Å². The molecule has 3 rings (SSSR count). The SMILES string of the molecule is COc1ccc(C[C@H]2NC[C@H](O)[C@H]2OC(=O)COCc2ccon2)cc1. The Bertz CT molecular complexity index is 688. The van der Waals surface area contributed by atoms with Gasteiger partial charge >= 0.3 is 5.97 Å². The largest absolute Gasteiger partial charge is 0.497 e. The fourth-order valence-electron chi connectivity index (χ4n) is 2.87. The highest BCUT2D eigenvalue weighted by molar-refractivity contribution is 5.71. The van der Waals surface area contributed by atoms with Gasteiger partial charge in [-0.05, 0) is 24.1 Å². The van der Waals surface area contributed by atoms with Crippen molar-refractivity contribution in [3.63, 3.8) is 0 Å². The number of aromatic nitrogens is 1. The van der Waals surface area contributed by atoms with Crippen LogP contribution in [0.15, 0.2) is 41.1 Å². The molecule has 2 N–H and O–H groups in total. The number of carbonyl (C=O) groups excluding carboxylic acids is 1. The molecule has 140 valence electrons. The van der Waals surface area contributed by atoms with Gasteiger partial charge in [-0.1, -0.05) is 17.3 Å². The fourth-order valence-corrected chi connectivity index (χ4v) is 2.87. The third-order valence-corrected chi connectivity index (χ3v) is 4.21. The normalized spacial score (nSPS) is 22.3. The molecule has 3 atom stereocenters. The first-order valence-electron chi connectivity index (χ1n) is 8.36. The first kappa shape index (κ1) is 18.4. The number of rotatable bonds is 8. The summed E-state index contributed by atoms with van der Waals surface area (Å²) in [6.45, 7) is 0.316. The highest BCUT2D eigenvalue weighted by Gasteiger charge is 2.37. The minimum absolute atomic E-state index is 0.159. The van der Waals surface area contributed by atoms with Crippen molar-refractivity contribution >= 4 is 5.97 Å². The van der Waals surface area contributed by atoms with E-state index in [0.29, 0.717) is 18.7 Å². The Morgan fingerprint density at radius 3 is 2.85 bits per heavy atom. The van der Waals surface area contributed by atoms with Gasteiger partial charge in [0.1, 0.15) is 36.5 Å². The van der Waals surface area contributed by atoms with Crippen molar-refractivity contribution in [3.8, 4) is 5.75 Å². The van der Waals surface area contributed by atoms with Gasteiger partial charge in [0.25, 0.3) is 0 Å². The lowest BCUT2D eigenvalue weighted by Crippen LogP contribution is -2.39. The summed E-state index contributed by atoms with van der Waals surface area (Å²) >= 11 is 0. The van der Waals surface area contributed by atoms with Crippen LogP contribution in [0.1, 0.15) is 11.3 Å². The van der Waals surface area contributed by atoms with E-state index in [9.17, 15) is 9.90 Å². The predicted octanol–water partition coefficient (Wildman–Crippen LogP) is 0.687. The Morgan fingerprint density at radius 2 is 2.15 bits per heavy atom. The molecular weight excluding hydrogens is 340 g/mol. The zero-order valence-corrected chi connectivity index (χ0v) is 14.5. The molecule has 1 saturated heterocycles. The molecule has 0 aliphatic carbocycles. The van der Waals surface area contributed by atoms with Crippen LogP contribution >= 0.6 is 0 Å². The second-order valence-electron chi connectivity index (χ2n) is 6.07. The summed E-state index contributed by atoms with van der Waals surface area (Å²) in [5.74, 6) is 0.251. The van der Waals surface area contributed by atoms with Crippen LogP contribution in [0.3, 0.4) is 0 Å². The summed E-state index contributed by atoms with van der Waals surface area (Å²) in [5.41, 5.74) is 1.65. The van der Waals surface area contributed by atoms with Gasteiger partial charge in [0.15, 0.2) is 0 Å². The first-order valence-corrected chi connectivity index (χ1v) is 8.36. The summed E-state index contributed by atoms with van der Waals surface area (Å²) in [5, 5.41) is 17.0. The van der Waals surface area contributed by atoms with E-state index in [-0.39, 0.29) is 19.3 Å². The number of ether oxygens (including phenoxy) is 3. The van der Waals surface area contributed by atoms with Crippen LogP contribution in [0.4, 0.5) is 0 Å². The van der Waals surface area contributed by atoms with Crippen LogP contribution in [0.5, 0.6) is 5.75 Å². The number of hydrogen-bond donors (Lipinski definition) is 2. The van der Waals surface area contributed by atoms with Crippen molar-refractivity contribution in [1.29, 1.82) is 0 Å². The van der Waals surface area contributed by atoms with Gasteiger partial charge in [0.2, 0.25) is 0 Å². The molecule has 1 aromatic heterocycles. The van der Waals surface area contributed by atoms with Gasteiger partial charge in [-0.15, -0.1) is 0 Å². The van der Waals surface area contributed by atoms with E-state index in [0.717, 1.165) is 11.3 Å². The molecule has 2 aromatic rings. The number of nitrogens with one attached hydrogen (secondary N) is 1. The molecule has 0 unspecified atom stereocenters. The number of nitrogens with zero attached hydrogens (tertiary/aromatic N) is 1. The van der Waals surface area contributed by atoms with Crippen LogP contribution in [0, 0.1) is 0 Å². The van der Waals surface area contributed by atoms with Gasteiger partial charge in [0, 0.05) is 12.6 Å². The number of aliphatic hydroxyl groups excluding tert-OH is 1. The van der Waals surface area contributed by atoms with Gasteiger partial charge in [-0.2, -0.15) is 0 Å². The van der Waals surface area contributed by atoms with E-state index in [1.807, 2.05) is 24.3 Å². The second-order valence-corrected chi connectivity index (χ2v) is 6.07. The topological polar surface area (TPSA) is 103 Å². The summed E-state index contributed by atoms with van der Waals surface area (Å²) < 4.78 is 20.5. The van der Waals surface area contributed by atoms with Crippen LogP contribution < -0.4 is 10.1 Å². The zero-order chi connectivity index (χ0) is 18.4. The molecule has 1 aromatic carbocycles. The van der Waals surface area contributed by atoms with Gasteiger partial charge in [0.05, 0.1) is 19.8 Å². The molecule has 0 bridgehead atoms. The molecule has 0 saturated carbocycles. The molecule has 26 heavy (non-hydrogen) atoms. The molecule has 2 heterocycles. The minimum atomic E-state index is -0.752. The first-order chi connectivity index (χ1) is 12.7. The summed E-state index contributed by atoms with van der Waals surface area (Å²) in [7, 11) is 1.62. The molecule has 0 amide bonds. The van der Waals surface area contributed by atoms with Crippen LogP contribution in [0.2, 0.25) is 0 Å². The Hall–Kier alpha value is -2.42. The highest BCUT2D eigenvalue weighted by Crippen LogP contribution is 2.19. The van der Waals surface area contributed by atoms with Crippen LogP contribution in [0.25, 0.3) is 0 Å². The van der Waals surface area contributed by atoms with Crippen molar-refractivity contribution < 1.29 is 28.6 Å². The van der Waals surface area contributed by atoms with Gasteiger partial charge in [-0.3, -0.25) is 0 Å². The van der Waals surface area contributed by atoms with Crippen LogP contribution in [-0.2, 0) is 27.3 Å². The van der Waals surface area contributed by atoms with Crippen molar-refractivity contribution in [2.24, 2.45) is 0 Å². The zero-order valence-electron chi connectivity index (χ0n) is 14.5. The second kappa shape index (κ2) is 8.79. The van der Waals surface area contributed by atoms with Crippen molar-refractivity contribution in [1.82, 2.24) is 10.5 Å². The summed E-state index contributed by atoms with van der Waals surface area (Å²) in [6, 6.07) is 9.13. The van der Waals surface area contributed by atoms with E-state index in [4.69, 9.17) is 14.2 Å². The number of β-amino-alcohol motifs (C(OH)–C–C–N with tert-alkyl or cyclic N) is 1. The van der Waals surface area contributed by atoms with E-state index in [2.05, 4.69) is 15.0 Å². The third-order valence-electron chi connectivity index (χ3n) is 4.21. The van der Waals surface area contributed by atoms with E-state index < -0.39 is 18.2 Å². The third kappa shape index (κ3) is 4.81. The number of aliphatic hydroxyl groups is 1. The minimum Gasteiger partial charge on any atom is -0.497 e. The molecule has 0 spiro atoms. The van der Waals surface area contributed by atoms with Crippen LogP contribution in [-0.4, -0.2) is 54.7 Å². The number of benzene rings is 1. The molecule has 1 aliphatic rings. The lowest BCUT2D eigenvalue weighted by atomic mass is 10.0. The van der Waals surface area contributed by atoms with Crippen molar-refractivity contribution in [2.45, 2.75) is 31.3 Å². The lowest BCUT2D eigenvalue weighted by molar-refractivity contribution is -0.159. The Kier molecular flexibility index (Phi) is 6.21. The molecule has 8 heteroatoms. The summed E-state index contributed by atoms with van der Waals surface area (Å²) in [6.07, 6.45) is 0.679. The smallest absolute Gasteiger partial charge is 0.332 e. The molecule has 0 radical (unpaired) electrons. The molecule has 1 aliphatic heterocycles. The maximum atomic E-state index is 12.0. The highest BCUT2D eigenvalue weighted by atomic mass is 16.6. The monoisotopic (exact) mass is 362 g/mol. The summed E-state index contributed by atoms with van der Waals surface area (Å²) in [4.78, 5) is 12.0. The van der Waals surface area contributed by atoms with E-state index >= 15 is 0 Å². The Morgan fingerprint density at radius 1 is 1.35 bits per heavy atom. The van der Waals surface area contributed by atoms with Gasteiger partial charge < -0.3 is 29.2 Å². The number of hydrogen-bond acceptors (Lipinski definition) is 8. The number of esters is 1. The average molecular weight is 362 g/mol. The standard InChI is InChI=1S/C18H22N2O6/c1-23-14-4-2-12(3-5-14)8-15-18(16(21)9-19-15)26-17(22)11-24-10-13-6-7-25-20-13/h2-7,15-16,18-19,21H,8-11H2,1H3/t15-,16+,18+/m1/s1. The molecular formula is C18H22N2O6. The fraction of sp³-hybridized carbons (Fsp3) is 0.444. The number of carbonyl (C=O) groups is 1. The van der Waals surface area contributed by atoms with Gasteiger partial charge in [-0.25, -0.2) is 4.79 Å². The van der Waals surface area contributed by atoms with Crippen molar-refractivity contribution in [2.75, 3.05) is 20.3 Å². The molecule has 1 fully saturated rings. The van der Waals surface area contributed by atoms with E-state index in [1.165, 1.54) is 6.26 Å². The lowest BCUT2D eigenvalue weighted by Gasteiger charge is -2.22. The van der Waals surface area contributed by atoms with Crippen molar-refractivity contribution in [3.05, 3.63) is 47.9 Å². The Balaban J connectivity index is 1.50. The predicted molar refractivity (Wildman–Crippen MR) is 90.5 cm³/mol. The quantitative estimate of drug-likeness (QED) is 0.661.